The SMILES string of the molecule is CCCSc1nnc(S[C@@H](C)C(=O)Nc2ccc(C(N)=O)cc2)s1. The molecule has 0 spiro atoms. The number of hydrogen-bond donors (Lipinski definition) is 2. The summed E-state index contributed by atoms with van der Waals surface area (Å²) >= 11 is 4.56. The minimum Gasteiger partial charge on any atom is -0.366 e. The normalized spacial score (nSPS) is 11.9. The summed E-state index contributed by atoms with van der Waals surface area (Å²) in [6, 6.07) is 6.47. The van der Waals surface area contributed by atoms with Crippen molar-refractivity contribution in [1.82, 2.24) is 10.2 Å². The second-order valence-electron chi connectivity index (χ2n) is 4.87. The van der Waals surface area contributed by atoms with Crippen molar-refractivity contribution >= 4 is 52.4 Å². The standard InChI is InChI=1S/C15H18N4O2S3/c1-3-8-22-14-18-19-15(24-14)23-9(2)13(21)17-11-6-4-10(5-7-11)12(16)20/h4-7,9H,3,8H2,1-2H3,(H2,16,20)(H,17,21)/t9-/m0/s1. The number of anilines is 1. The molecule has 1 aromatic carbocycles. The molecule has 3 N–H and O–H groups in total. The maximum absolute atomic E-state index is 12.2. The number of nitrogens with two attached hydrogens (primary N) is 1. The van der Waals surface area contributed by atoms with Gasteiger partial charge in [-0.2, -0.15) is 0 Å². The molecule has 2 rings (SSSR count). The molecule has 0 saturated carbocycles. The molecule has 1 heterocycles. The van der Waals surface area contributed by atoms with E-state index in [0.717, 1.165) is 20.9 Å². The largest absolute Gasteiger partial charge is 0.366 e. The van der Waals surface area contributed by atoms with Gasteiger partial charge in [-0.15, -0.1) is 10.2 Å². The summed E-state index contributed by atoms with van der Waals surface area (Å²) in [6.07, 6.45) is 1.08. The van der Waals surface area contributed by atoms with Crippen molar-refractivity contribution in [3.05, 3.63) is 29.8 Å². The molecular formula is C15H18N4O2S3. The first-order valence-corrected chi connectivity index (χ1v) is 10.0. The van der Waals surface area contributed by atoms with E-state index < -0.39 is 5.91 Å². The predicted molar refractivity (Wildman–Crippen MR) is 99.8 cm³/mol. The number of nitrogens with one attached hydrogen (secondary N) is 1. The van der Waals surface area contributed by atoms with Crippen LogP contribution in [-0.4, -0.2) is 33.0 Å². The summed E-state index contributed by atoms with van der Waals surface area (Å²) in [6.45, 7) is 3.93. The lowest BCUT2D eigenvalue weighted by atomic mass is 10.2. The zero-order valence-electron chi connectivity index (χ0n) is 13.3. The third-order valence-electron chi connectivity index (χ3n) is 2.90. The Morgan fingerprint density at radius 2 is 1.92 bits per heavy atom. The Morgan fingerprint density at radius 3 is 2.54 bits per heavy atom. The van der Waals surface area contributed by atoms with Crippen LogP contribution in [0.2, 0.25) is 0 Å². The molecular weight excluding hydrogens is 364 g/mol. The van der Waals surface area contributed by atoms with Gasteiger partial charge in [-0.05, 0) is 37.6 Å². The second kappa shape index (κ2) is 9.05. The summed E-state index contributed by atoms with van der Waals surface area (Å²) in [5.41, 5.74) is 6.21. The molecule has 0 fully saturated rings. The van der Waals surface area contributed by atoms with Gasteiger partial charge in [0.25, 0.3) is 0 Å². The fraction of sp³-hybridized carbons (Fsp3) is 0.333. The van der Waals surface area contributed by atoms with Crippen molar-refractivity contribution in [2.24, 2.45) is 5.73 Å². The second-order valence-corrected chi connectivity index (χ2v) is 8.78. The third-order valence-corrected chi connectivity index (χ3v) is 6.35. The van der Waals surface area contributed by atoms with Gasteiger partial charge in [0.2, 0.25) is 11.8 Å². The van der Waals surface area contributed by atoms with Gasteiger partial charge in [-0.25, -0.2) is 0 Å². The summed E-state index contributed by atoms with van der Waals surface area (Å²) < 4.78 is 1.70. The van der Waals surface area contributed by atoms with E-state index in [1.807, 2.05) is 6.92 Å². The van der Waals surface area contributed by atoms with Gasteiger partial charge in [0.1, 0.15) is 0 Å². The number of thioether (sulfide) groups is 2. The summed E-state index contributed by atoms with van der Waals surface area (Å²) in [4.78, 5) is 23.3. The molecule has 1 aromatic heterocycles. The van der Waals surface area contributed by atoms with Gasteiger partial charge in [-0.1, -0.05) is 41.8 Å². The number of carbonyl (C=O) groups is 2. The van der Waals surface area contributed by atoms with Gasteiger partial charge in [0.05, 0.1) is 5.25 Å². The number of rotatable bonds is 8. The molecule has 0 bridgehead atoms. The Kier molecular flexibility index (Phi) is 7.07. The fourth-order valence-electron chi connectivity index (χ4n) is 1.66. The molecule has 0 saturated heterocycles. The molecule has 1 atom stereocenters. The van der Waals surface area contributed by atoms with Crippen LogP contribution >= 0.6 is 34.9 Å². The average molecular weight is 383 g/mol. The van der Waals surface area contributed by atoms with Crippen molar-refractivity contribution in [1.29, 1.82) is 0 Å². The first kappa shape index (κ1) is 18.8. The number of nitrogens with zero attached hydrogens (tertiary/aromatic N) is 2. The number of carbonyl (C=O) groups excluding carboxylic acids is 2. The Bertz CT molecular complexity index is 703. The van der Waals surface area contributed by atoms with E-state index in [1.165, 1.54) is 23.1 Å². The molecule has 0 aliphatic heterocycles. The van der Waals surface area contributed by atoms with Crippen LogP contribution in [0.5, 0.6) is 0 Å². The Hall–Kier alpha value is -1.58. The van der Waals surface area contributed by atoms with Crippen molar-refractivity contribution < 1.29 is 9.59 Å². The number of benzene rings is 1. The van der Waals surface area contributed by atoms with Crippen molar-refractivity contribution in [3.8, 4) is 0 Å². The van der Waals surface area contributed by atoms with Crippen molar-refractivity contribution in [3.63, 3.8) is 0 Å². The van der Waals surface area contributed by atoms with E-state index >= 15 is 0 Å². The molecule has 0 radical (unpaired) electrons. The maximum Gasteiger partial charge on any atom is 0.248 e. The smallest absolute Gasteiger partial charge is 0.248 e. The highest BCUT2D eigenvalue weighted by Gasteiger charge is 2.17. The van der Waals surface area contributed by atoms with E-state index in [0.29, 0.717) is 11.3 Å². The number of primary amides is 1. The molecule has 9 heteroatoms. The Balaban J connectivity index is 1.89. The van der Waals surface area contributed by atoms with Crippen LogP contribution in [0, 0.1) is 0 Å². The summed E-state index contributed by atoms with van der Waals surface area (Å²) in [7, 11) is 0. The highest BCUT2D eigenvalue weighted by molar-refractivity contribution is 8.03. The predicted octanol–water partition coefficient (Wildman–Crippen LogP) is 3.26. The molecule has 6 nitrogen and oxygen atoms in total. The topological polar surface area (TPSA) is 98.0 Å². The van der Waals surface area contributed by atoms with Gasteiger partial charge in [0, 0.05) is 17.0 Å². The highest BCUT2D eigenvalue weighted by Crippen LogP contribution is 2.31. The monoisotopic (exact) mass is 382 g/mol. The van der Waals surface area contributed by atoms with Crippen LogP contribution in [0.15, 0.2) is 32.9 Å². The number of amides is 2. The van der Waals surface area contributed by atoms with E-state index in [4.69, 9.17) is 5.73 Å². The van der Waals surface area contributed by atoms with E-state index in [-0.39, 0.29) is 11.2 Å². The van der Waals surface area contributed by atoms with Crippen LogP contribution in [-0.2, 0) is 4.79 Å². The van der Waals surface area contributed by atoms with Gasteiger partial charge < -0.3 is 11.1 Å². The minimum atomic E-state index is -0.496. The van der Waals surface area contributed by atoms with Crippen LogP contribution in [0.25, 0.3) is 0 Å². The first-order valence-electron chi connectivity index (χ1n) is 7.33. The number of hydrogen-bond acceptors (Lipinski definition) is 7. The van der Waals surface area contributed by atoms with Crippen LogP contribution in [0.4, 0.5) is 5.69 Å². The summed E-state index contributed by atoms with van der Waals surface area (Å²) in [5, 5.41) is 10.7. The quantitative estimate of drug-likeness (QED) is 0.680. The van der Waals surface area contributed by atoms with E-state index in [1.54, 1.807) is 36.0 Å². The lowest BCUT2D eigenvalue weighted by Gasteiger charge is -2.10. The molecule has 0 unspecified atom stereocenters. The number of aromatic nitrogens is 2. The molecule has 128 valence electrons. The molecule has 2 amide bonds. The lowest BCUT2D eigenvalue weighted by Crippen LogP contribution is -2.22. The maximum atomic E-state index is 12.2. The van der Waals surface area contributed by atoms with Gasteiger partial charge in [-0.3, -0.25) is 9.59 Å². The molecule has 0 aliphatic rings. The minimum absolute atomic E-state index is 0.134. The average Bonchev–Trinajstić information content (AvgIpc) is 3.00. The van der Waals surface area contributed by atoms with Gasteiger partial charge >= 0.3 is 0 Å². The highest BCUT2D eigenvalue weighted by atomic mass is 32.2. The Morgan fingerprint density at radius 1 is 1.25 bits per heavy atom. The zero-order chi connectivity index (χ0) is 17.5. The van der Waals surface area contributed by atoms with E-state index in [2.05, 4.69) is 22.4 Å². The zero-order valence-corrected chi connectivity index (χ0v) is 15.8. The van der Waals surface area contributed by atoms with Crippen LogP contribution in [0.1, 0.15) is 30.6 Å². The van der Waals surface area contributed by atoms with Crippen LogP contribution < -0.4 is 11.1 Å². The van der Waals surface area contributed by atoms with Crippen LogP contribution in [0.3, 0.4) is 0 Å². The van der Waals surface area contributed by atoms with Gasteiger partial charge in [0.15, 0.2) is 8.68 Å². The molecule has 24 heavy (non-hydrogen) atoms. The first-order chi connectivity index (χ1) is 11.5. The summed E-state index contributed by atoms with van der Waals surface area (Å²) in [5.74, 6) is 0.381. The fourth-order valence-corrected chi connectivity index (χ4v) is 4.75. The molecule has 2 aromatic rings. The van der Waals surface area contributed by atoms with Crippen molar-refractivity contribution in [2.45, 2.75) is 34.2 Å². The third kappa shape index (κ3) is 5.50. The lowest BCUT2D eigenvalue weighted by molar-refractivity contribution is -0.115. The Labute approximate surface area is 153 Å². The van der Waals surface area contributed by atoms with E-state index in [9.17, 15) is 9.59 Å². The molecule has 0 aliphatic carbocycles. The van der Waals surface area contributed by atoms with Crippen molar-refractivity contribution in [2.75, 3.05) is 11.1 Å².